The minimum absolute atomic E-state index is 0.0103. The van der Waals surface area contributed by atoms with E-state index in [9.17, 15) is 19.8 Å². The van der Waals surface area contributed by atoms with Gasteiger partial charge in [-0.2, -0.15) is 0 Å². The van der Waals surface area contributed by atoms with E-state index in [1.165, 1.54) is 29.4 Å². The van der Waals surface area contributed by atoms with Gasteiger partial charge in [-0.05, 0) is 54.1 Å². The Morgan fingerprint density at radius 1 is 1.00 bits per heavy atom. The summed E-state index contributed by atoms with van der Waals surface area (Å²) in [5.74, 6) is -1.90. The molecular formula is C21H14ClNO5. The van der Waals surface area contributed by atoms with Gasteiger partial charge in [-0.15, -0.1) is 0 Å². The summed E-state index contributed by atoms with van der Waals surface area (Å²) in [4.78, 5) is 27.2. The summed E-state index contributed by atoms with van der Waals surface area (Å²) in [5, 5.41) is 20.6. The Morgan fingerprint density at radius 3 is 2.29 bits per heavy atom. The van der Waals surface area contributed by atoms with Crippen LogP contribution in [0.15, 0.2) is 82.7 Å². The molecule has 1 unspecified atom stereocenters. The molecule has 0 spiro atoms. The maximum Gasteiger partial charge on any atom is 0.294 e. The lowest BCUT2D eigenvalue weighted by Crippen LogP contribution is -2.31. The van der Waals surface area contributed by atoms with Crippen LogP contribution < -0.4 is 4.90 Å². The summed E-state index contributed by atoms with van der Waals surface area (Å²) in [6, 6.07) is 14.7. The molecule has 2 aromatic carbocycles. The van der Waals surface area contributed by atoms with Crippen molar-refractivity contribution in [3.8, 4) is 5.75 Å². The monoisotopic (exact) mass is 395 g/mol. The van der Waals surface area contributed by atoms with Crippen molar-refractivity contribution in [3.05, 3.63) is 94.6 Å². The number of furan rings is 1. The van der Waals surface area contributed by atoms with E-state index in [0.29, 0.717) is 16.3 Å². The van der Waals surface area contributed by atoms with Crippen LogP contribution in [0.5, 0.6) is 5.75 Å². The quantitative estimate of drug-likeness (QED) is 0.638. The predicted molar refractivity (Wildman–Crippen MR) is 102 cm³/mol. The predicted octanol–water partition coefficient (Wildman–Crippen LogP) is 4.42. The number of carbonyl (C=O) groups excluding carboxylic acids is 2. The number of nitrogens with zero attached hydrogens (tertiary/aromatic N) is 1. The van der Waals surface area contributed by atoms with Crippen LogP contribution in [0.25, 0.3) is 0 Å². The van der Waals surface area contributed by atoms with Crippen molar-refractivity contribution in [2.75, 3.05) is 4.90 Å². The maximum absolute atomic E-state index is 13.0. The number of ketones is 1. The first-order valence-electron chi connectivity index (χ1n) is 8.37. The van der Waals surface area contributed by atoms with Gasteiger partial charge in [0.1, 0.15) is 5.75 Å². The van der Waals surface area contributed by atoms with Gasteiger partial charge >= 0.3 is 0 Å². The van der Waals surface area contributed by atoms with Crippen LogP contribution in [0.1, 0.15) is 22.2 Å². The fourth-order valence-electron chi connectivity index (χ4n) is 3.22. The third kappa shape index (κ3) is 2.93. The van der Waals surface area contributed by atoms with E-state index in [0.717, 1.165) is 0 Å². The highest BCUT2D eigenvalue weighted by atomic mass is 35.5. The number of aliphatic hydroxyl groups excluding tert-OH is 1. The molecule has 0 bridgehead atoms. The van der Waals surface area contributed by atoms with E-state index in [1.807, 2.05) is 0 Å². The topological polar surface area (TPSA) is 91.0 Å². The molecule has 0 fully saturated rings. The number of phenolic OH excluding ortho intramolecular Hbond substituents is 1. The Labute approximate surface area is 164 Å². The maximum atomic E-state index is 13.0. The van der Waals surface area contributed by atoms with Crippen molar-refractivity contribution in [3.63, 3.8) is 0 Å². The Bertz CT molecular complexity index is 1070. The van der Waals surface area contributed by atoms with Gasteiger partial charge in [0.05, 0.1) is 17.9 Å². The summed E-state index contributed by atoms with van der Waals surface area (Å²) >= 11 is 5.94. The molecule has 0 saturated carbocycles. The van der Waals surface area contributed by atoms with Crippen LogP contribution >= 0.6 is 11.6 Å². The van der Waals surface area contributed by atoms with Crippen LogP contribution in [0.3, 0.4) is 0 Å². The molecule has 140 valence electrons. The minimum atomic E-state index is -0.896. The van der Waals surface area contributed by atoms with Gasteiger partial charge in [0.25, 0.3) is 5.91 Å². The van der Waals surface area contributed by atoms with E-state index < -0.39 is 23.5 Å². The molecule has 28 heavy (non-hydrogen) atoms. The van der Waals surface area contributed by atoms with Gasteiger partial charge in [0.2, 0.25) is 5.78 Å². The minimum Gasteiger partial charge on any atom is -0.508 e. The third-order valence-electron chi connectivity index (χ3n) is 4.51. The van der Waals surface area contributed by atoms with Crippen molar-refractivity contribution in [1.82, 2.24) is 0 Å². The van der Waals surface area contributed by atoms with Gasteiger partial charge in [-0.1, -0.05) is 23.7 Å². The van der Waals surface area contributed by atoms with Gasteiger partial charge < -0.3 is 14.6 Å². The molecular weight excluding hydrogens is 382 g/mol. The zero-order valence-corrected chi connectivity index (χ0v) is 15.1. The zero-order chi connectivity index (χ0) is 19.8. The molecule has 2 heterocycles. The summed E-state index contributed by atoms with van der Waals surface area (Å²) in [7, 11) is 0. The molecule has 1 amide bonds. The highest BCUT2D eigenvalue weighted by Gasteiger charge is 2.45. The Hall–Kier alpha value is -3.51. The van der Waals surface area contributed by atoms with Crippen LogP contribution in [0.2, 0.25) is 5.02 Å². The van der Waals surface area contributed by atoms with E-state index in [4.69, 9.17) is 16.0 Å². The molecule has 0 saturated heterocycles. The molecule has 1 atom stereocenters. The number of phenols is 1. The molecule has 7 heteroatoms. The molecule has 1 aromatic heterocycles. The molecule has 4 rings (SSSR count). The standard InChI is InChI=1S/C21H14ClNO5/c22-13-5-7-14(8-6-13)23-18(12-3-9-15(24)10-4-12)17(20(26)21(23)27)19(25)16-2-1-11-28-16/h1-11,18,24,26H. The first-order valence-corrected chi connectivity index (χ1v) is 8.74. The summed E-state index contributed by atoms with van der Waals surface area (Å²) < 4.78 is 5.17. The molecule has 0 radical (unpaired) electrons. The van der Waals surface area contributed by atoms with Crippen LogP contribution in [0.4, 0.5) is 5.69 Å². The average molecular weight is 396 g/mol. The molecule has 1 aliphatic rings. The second kappa shape index (κ2) is 6.90. The van der Waals surface area contributed by atoms with Crippen molar-refractivity contribution in [2.45, 2.75) is 6.04 Å². The number of hydrogen-bond donors (Lipinski definition) is 2. The molecule has 2 N–H and O–H groups in total. The second-order valence-corrected chi connectivity index (χ2v) is 6.65. The number of aliphatic hydroxyl groups is 1. The van der Waals surface area contributed by atoms with Gasteiger partial charge in [0.15, 0.2) is 11.5 Å². The van der Waals surface area contributed by atoms with Crippen molar-refractivity contribution < 1.29 is 24.2 Å². The lowest BCUT2D eigenvalue weighted by Gasteiger charge is -2.26. The lowest BCUT2D eigenvalue weighted by atomic mass is 9.94. The van der Waals surface area contributed by atoms with E-state index in [-0.39, 0.29) is 17.1 Å². The fourth-order valence-corrected chi connectivity index (χ4v) is 3.34. The molecule has 6 nitrogen and oxygen atoms in total. The largest absolute Gasteiger partial charge is 0.508 e. The van der Waals surface area contributed by atoms with Crippen molar-refractivity contribution in [1.29, 1.82) is 0 Å². The van der Waals surface area contributed by atoms with Gasteiger partial charge in [-0.25, -0.2) is 0 Å². The summed E-state index contributed by atoms with van der Waals surface area (Å²) in [6.45, 7) is 0. The number of Topliss-reactive ketones (excluding diaryl/α,β-unsaturated/α-hetero) is 1. The lowest BCUT2D eigenvalue weighted by molar-refractivity contribution is -0.117. The Morgan fingerprint density at radius 2 is 1.68 bits per heavy atom. The average Bonchev–Trinajstić information content (AvgIpc) is 3.31. The third-order valence-corrected chi connectivity index (χ3v) is 4.76. The number of amides is 1. The van der Waals surface area contributed by atoms with Crippen LogP contribution in [-0.4, -0.2) is 21.9 Å². The first kappa shape index (κ1) is 17.9. The number of rotatable bonds is 4. The number of halogens is 1. The molecule has 0 aliphatic carbocycles. The fraction of sp³-hybridized carbons (Fsp3) is 0.0476. The zero-order valence-electron chi connectivity index (χ0n) is 14.4. The van der Waals surface area contributed by atoms with E-state index >= 15 is 0 Å². The Kier molecular flexibility index (Phi) is 4.41. The van der Waals surface area contributed by atoms with Crippen molar-refractivity contribution in [2.24, 2.45) is 0 Å². The first-order chi connectivity index (χ1) is 13.5. The second-order valence-electron chi connectivity index (χ2n) is 6.21. The van der Waals surface area contributed by atoms with Crippen LogP contribution in [0, 0.1) is 0 Å². The normalized spacial score (nSPS) is 16.7. The van der Waals surface area contributed by atoms with Gasteiger partial charge in [0, 0.05) is 10.7 Å². The smallest absolute Gasteiger partial charge is 0.294 e. The molecule has 1 aliphatic heterocycles. The number of aromatic hydroxyl groups is 1. The van der Waals surface area contributed by atoms with Crippen molar-refractivity contribution >= 4 is 29.0 Å². The summed E-state index contributed by atoms with van der Waals surface area (Å²) in [5.41, 5.74) is 0.905. The van der Waals surface area contributed by atoms with Crippen LogP contribution in [-0.2, 0) is 4.79 Å². The highest BCUT2D eigenvalue weighted by molar-refractivity contribution is 6.30. The molecule has 3 aromatic rings. The van der Waals surface area contributed by atoms with E-state index in [1.54, 1.807) is 42.5 Å². The number of carbonyl (C=O) groups is 2. The summed E-state index contributed by atoms with van der Waals surface area (Å²) in [6.07, 6.45) is 1.34. The number of benzene rings is 2. The Balaban J connectivity index is 1.88. The SMILES string of the molecule is O=C(C1=C(O)C(=O)N(c2ccc(Cl)cc2)C1c1ccc(O)cc1)c1ccco1. The van der Waals surface area contributed by atoms with E-state index in [2.05, 4.69) is 0 Å². The number of anilines is 1. The highest BCUT2D eigenvalue weighted by Crippen LogP contribution is 2.42. The van der Waals surface area contributed by atoms with Gasteiger partial charge in [-0.3, -0.25) is 14.5 Å². The number of hydrogen-bond acceptors (Lipinski definition) is 5.